The summed E-state index contributed by atoms with van der Waals surface area (Å²) in [4.78, 5) is 10.5. The smallest absolute Gasteiger partial charge is 0.308 e. The molecule has 1 aliphatic heterocycles. The maximum Gasteiger partial charge on any atom is 0.308 e. The third-order valence-electron chi connectivity index (χ3n) is 1.76. The largest absolute Gasteiger partial charge is 0.481 e. The molecule has 1 rings (SSSR count). The van der Waals surface area contributed by atoms with E-state index in [9.17, 15) is 4.79 Å². The van der Waals surface area contributed by atoms with Crippen LogP contribution in [0.25, 0.3) is 0 Å². The number of rotatable bonds is 5. The van der Waals surface area contributed by atoms with Crippen LogP contribution in [-0.4, -0.2) is 43.3 Å². The minimum absolute atomic E-state index is 0.174. The zero-order chi connectivity index (χ0) is 9.73. The first kappa shape index (κ1) is 10.4. The average molecular weight is 190 g/mol. The second-order valence-electron chi connectivity index (χ2n) is 2.82. The zero-order valence-corrected chi connectivity index (χ0v) is 7.62. The summed E-state index contributed by atoms with van der Waals surface area (Å²) >= 11 is 0. The second kappa shape index (κ2) is 4.55. The number of carboxylic acids is 1. The van der Waals surface area contributed by atoms with Crippen LogP contribution in [0.5, 0.6) is 0 Å². The zero-order valence-electron chi connectivity index (χ0n) is 7.62. The van der Waals surface area contributed by atoms with Gasteiger partial charge < -0.3 is 19.3 Å². The summed E-state index contributed by atoms with van der Waals surface area (Å²) in [5.41, 5.74) is 0. The molecule has 5 nitrogen and oxygen atoms in total. The van der Waals surface area contributed by atoms with E-state index in [4.69, 9.17) is 19.3 Å². The normalized spacial score (nSPS) is 20.4. The van der Waals surface area contributed by atoms with Gasteiger partial charge in [0.1, 0.15) is 13.0 Å². The summed E-state index contributed by atoms with van der Waals surface area (Å²) in [6.45, 7) is 3.40. The number of carboxylic acid groups (broad SMARTS) is 1. The molecule has 1 saturated heterocycles. The standard InChI is InChI=1S/C8H14O5/c1-2-11-6-8(5-7(9)10)12-3-4-13-8/h2-6H2,1H3,(H,9,10). The second-order valence-corrected chi connectivity index (χ2v) is 2.82. The highest BCUT2D eigenvalue weighted by atomic mass is 16.8. The third kappa shape index (κ3) is 2.95. The molecule has 0 aliphatic carbocycles. The van der Waals surface area contributed by atoms with Gasteiger partial charge in [-0.2, -0.15) is 0 Å². The van der Waals surface area contributed by atoms with Crippen LogP contribution < -0.4 is 0 Å². The summed E-state index contributed by atoms with van der Waals surface area (Å²) in [6.07, 6.45) is -0.174. The molecule has 0 unspecified atom stereocenters. The Morgan fingerprint density at radius 3 is 2.62 bits per heavy atom. The molecule has 1 heterocycles. The highest BCUT2D eigenvalue weighted by Gasteiger charge is 2.39. The first-order valence-electron chi connectivity index (χ1n) is 4.26. The lowest BCUT2D eigenvalue weighted by Crippen LogP contribution is -2.38. The van der Waals surface area contributed by atoms with Crippen molar-refractivity contribution in [1.82, 2.24) is 0 Å². The van der Waals surface area contributed by atoms with Gasteiger partial charge in [-0.05, 0) is 6.92 Å². The van der Waals surface area contributed by atoms with Gasteiger partial charge in [0.25, 0.3) is 0 Å². The molecule has 0 atom stereocenters. The fraction of sp³-hybridized carbons (Fsp3) is 0.875. The molecule has 0 amide bonds. The topological polar surface area (TPSA) is 65.0 Å². The van der Waals surface area contributed by atoms with Crippen LogP contribution in [0.2, 0.25) is 0 Å². The monoisotopic (exact) mass is 190 g/mol. The predicted octanol–water partition coefficient (Wildman–Crippen LogP) is 0.241. The van der Waals surface area contributed by atoms with Gasteiger partial charge in [-0.3, -0.25) is 4.79 Å². The van der Waals surface area contributed by atoms with E-state index in [-0.39, 0.29) is 13.0 Å². The van der Waals surface area contributed by atoms with E-state index < -0.39 is 11.8 Å². The summed E-state index contributed by atoms with van der Waals surface area (Å²) in [5.74, 6) is -2.00. The summed E-state index contributed by atoms with van der Waals surface area (Å²) in [7, 11) is 0. The lowest BCUT2D eigenvalue weighted by molar-refractivity contribution is -0.203. The maximum absolute atomic E-state index is 10.5. The molecule has 1 fully saturated rings. The van der Waals surface area contributed by atoms with Gasteiger partial charge in [-0.25, -0.2) is 0 Å². The van der Waals surface area contributed by atoms with Crippen LogP contribution >= 0.6 is 0 Å². The Morgan fingerprint density at radius 2 is 2.15 bits per heavy atom. The van der Waals surface area contributed by atoms with Crippen LogP contribution in [0.15, 0.2) is 0 Å². The molecule has 0 aromatic carbocycles. The Balaban J connectivity index is 2.47. The first-order valence-corrected chi connectivity index (χ1v) is 4.26. The van der Waals surface area contributed by atoms with Gasteiger partial charge in [0, 0.05) is 6.61 Å². The Labute approximate surface area is 76.6 Å². The number of hydrogen-bond donors (Lipinski definition) is 1. The van der Waals surface area contributed by atoms with Crippen molar-refractivity contribution in [3.63, 3.8) is 0 Å². The molecule has 13 heavy (non-hydrogen) atoms. The van der Waals surface area contributed by atoms with E-state index in [1.165, 1.54) is 0 Å². The van der Waals surface area contributed by atoms with E-state index >= 15 is 0 Å². The van der Waals surface area contributed by atoms with Gasteiger partial charge in [0.05, 0.1) is 13.2 Å². The molecule has 0 aromatic rings. The van der Waals surface area contributed by atoms with Gasteiger partial charge in [0.2, 0.25) is 5.79 Å². The van der Waals surface area contributed by atoms with Crippen LogP contribution in [0.3, 0.4) is 0 Å². The van der Waals surface area contributed by atoms with Gasteiger partial charge in [0.15, 0.2) is 0 Å². The van der Waals surface area contributed by atoms with Crippen LogP contribution in [0.4, 0.5) is 0 Å². The molecule has 0 aromatic heterocycles. The first-order chi connectivity index (χ1) is 6.18. The molecule has 76 valence electrons. The number of hydrogen-bond acceptors (Lipinski definition) is 4. The van der Waals surface area contributed by atoms with E-state index in [0.29, 0.717) is 19.8 Å². The molecular formula is C8H14O5. The fourth-order valence-corrected chi connectivity index (χ4v) is 1.22. The Bertz CT molecular complexity index is 173. The van der Waals surface area contributed by atoms with Crippen molar-refractivity contribution in [2.75, 3.05) is 26.4 Å². The van der Waals surface area contributed by atoms with Crippen molar-refractivity contribution in [1.29, 1.82) is 0 Å². The molecule has 0 spiro atoms. The van der Waals surface area contributed by atoms with E-state index in [0.717, 1.165) is 0 Å². The van der Waals surface area contributed by atoms with Crippen molar-refractivity contribution in [2.24, 2.45) is 0 Å². The Kier molecular flexibility index (Phi) is 3.65. The Morgan fingerprint density at radius 1 is 1.54 bits per heavy atom. The lowest BCUT2D eigenvalue weighted by atomic mass is 10.2. The van der Waals surface area contributed by atoms with E-state index in [2.05, 4.69) is 0 Å². The van der Waals surface area contributed by atoms with Gasteiger partial charge >= 0.3 is 5.97 Å². The van der Waals surface area contributed by atoms with E-state index in [1.807, 2.05) is 6.92 Å². The number of aliphatic carboxylic acids is 1. The van der Waals surface area contributed by atoms with Crippen molar-refractivity contribution in [3.05, 3.63) is 0 Å². The quantitative estimate of drug-likeness (QED) is 0.672. The van der Waals surface area contributed by atoms with Crippen molar-refractivity contribution in [2.45, 2.75) is 19.1 Å². The molecule has 0 bridgehead atoms. The summed E-state index contributed by atoms with van der Waals surface area (Å²) in [5, 5.41) is 8.62. The van der Waals surface area contributed by atoms with Gasteiger partial charge in [-0.1, -0.05) is 0 Å². The molecule has 0 radical (unpaired) electrons. The third-order valence-corrected chi connectivity index (χ3v) is 1.76. The molecule has 5 heteroatoms. The van der Waals surface area contributed by atoms with Crippen molar-refractivity contribution < 1.29 is 24.1 Å². The minimum atomic E-state index is -1.05. The number of ether oxygens (including phenoxy) is 3. The minimum Gasteiger partial charge on any atom is -0.481 e. The maximum atomic E-state index is 10.5. The number of carbonyl (C=O) groups is 1. The summed E-state index contributed by atoms with van der Waals surface area (Å²) in [6, 6.07) is 0. The predicted molar refractivity (Wildman–Crippen MR) is 43.4 cm³/mol. The van der Waals surface area contributed by atoms with Crippen LogP contribution in [0.1, 0.15) is 13.3 Å². The van der Waals surface area contributed by atoms with Gasteiger partial charge in [-0.15, -0.1) is 0 Å². The SMILES string of the molecule is CCOCC1(CC(=O)O)OCCO1. The molecular weight excluding hydrogens is 176 g/mol. The van der Waals surface area contributed by atoms with Crippen LogP contribution in [0, 0.1) is 0 Å². The highest BCUT2D eigenvalue weighted by Crippen LogP contribution is 2.23. The average Bonchev–Trinajstić information content (AvgIpc) is 2.49. The van der Waals surface area contributed by atoms with Crippen LogP contribution in [-0.2, 0) is 19.0 Å². The molecule has 1 aliphatic rings. The fourth-order valence-electron chi connectivity index (χ4n) is 1.22. The van der Waals surface area contributed by atoms with E-state index in [1.54, 1.807) is 0 Å². The molecule has 1 N–H and O–H groups in total. The summed E-state index contributed by atoms with van der Waals surface area (Å²) < 4.78 is 15.6. The highest BCUT2D eigenvalue weighted by molar-refractivity contribution is 5.67. The van der Waals surface area contributed by atoms with Crippen molar-refractivity contribution in [3.8, 4) is 0 Å². The van der Waals surface area contributed by atoms with Crippen molar-refractivity contribution >= 4 is 5.97 Å². The Hall–Kier alpha value is -0.650. The molecule has 0 saturated carbocycles. The lowest BCUT2D eigenvalue weighted by Gasteiger charge is -2.24.